The Kier molecular flexibility index (Phi) is 6.05. The van der Waals surface area contributed by atoms with Crippen molar-refractivity contribution in [3.05, 3.63) is 71.8 Å². The van der Waals surface area contributed by atoms with Crippen molar-refractivity contribution in [2.24, 2.45) is 0 Å². The van der Waals surface area contributed by atoms with Gasteiger partial charge in [0, 0.05) is 6.54 Å². The summed E-state index contributed by atoms with van der Waals surface area (Å²) in [7, 11) is -3.70. The monoisotopic (exact) mass is 377 g/mol. The Hall–Kier alpha value is -1.77. The van der Waals surface area contributed by atoms with Crippen LogP contribution in [0.5, 0.6) is 0 Å². The number of aliphatic hydroxyl groups is 2. The lowest BCUT2D eigenvalue weighted by atomic mass is 10.1. The van der Waals surface area contributed by atoms with Crippen LogP contribution in [-0.2, 0) is 27.9 Å². The molecule has 3 rings (SSSR count). The predicted octanol–water partition coefficient (Wildman–Crippen LogP) is 1.14. The molecule has 0 spiro atoms. The minimum Gasteiger partial charge on any atom is -0.389 e. The van der Waals surface area contributed by atoms with Crippen LogP contribution >= 0.6 is 0 Å². The molecule has 1 aliphatic heterocycles. The van der Waals surface area contributed by atoms with E-state index >= 15 is 0 Å². The second-order valence-corrected chi connectivity index (χ2v) is 8.40. The third-order valence-electron chi connectivity index (χ3n) is 4.48. The lowest BCUT2D eigenvalue weighted by molar-refractivity contribution is -0.0530. The largest absolute Gasteiger partial charge is 0.389 e. The molecule has 2 N–H and O–H groups in total. The minimum absolute atomic E-state index is 0.000809. The summed E-state index contributed by atoms with van der Waals surface area (Å²) in [5, 5.41) is 20.4. The molecule has 6 nitrogen and oxygen atoms in total. The molecule has 0 aromatic heterocycles. The zero-order valence-electron chi connectivity index (χ0n) is 14.3. The molecule has 0 unspecified atom stereocenters. The standard InChI is InChI=1S/C19H23NO5S/c21-18-14-26(23,24)20(11-15-7-3-1-4-8-15)17(19(18)22)13-25-12-16-9-5-2-6-10-16/h1-10,17-19,21-22H,11-14H2/t17-,18-,19-/m1/s1. The van der Waals surface area contributed by atoms with E-state index in [2.05, 4.69) is 0 Å². The Morgan fingerprint density at radius 1 is 0.962 bits per heavy atom. The van der Waals surface area contributed by atoms with Gasteiger partial charge >= 0.3 is 0 Å². The molecular formula is C19H23NO5S. The normalized spacial score (nSPS) is 25.8. The SMILES string of the molecule is O=S1(=O)C[C@@H](O)[C@H](O)[C@@H](COCc2ccccc2)N1Cc1ccccc1. The van der Waals surface area contributed by atoms with Gasteiger partial charge in [0.1, 0.15) is 0 Å². The first-order chi connectivity index (χ1) is 12.5. The Morgan fingerprint density at radius 2 is 1.54 bits per heavy atom. The molecule has 2 aromatic rings. The van der Waals surface area contributed by atoms with Gasteiger partial charge in [-0.25, -0.2) is 8.42 Å². The van der Waals surface area contributed by atoms with Crippen molar-refractivity contribution in [3.8, 4) is 0 Å². The number of nitrogens with zero attached hydrogens (tertiary/aromatic N) is 1. The molecule has 2 aromatic carbocycles. The summed E-state index contributed by atoms with van der Waals surface area (Å²) in [6, 6.07) is 17.8. The molecule has 1 heterocycles. The van der Waals surface area contributed by atoms with Crippen molar-refractivity contribution in [1.29, 1.82) is 0 Å². The van der Waals surface area contributed by atoms with Crippen molar-refractivity contribution in [1.82, 2.24) is 4.31 Å². The average Bonchev–Trinajstić information content (AvgIpc) is 2.63. The first-order valence-electron chi connectivity index (χ1n) is 8.48. The maximum Gasteiger partial charge on any atom is 0.217 e. The lowest BCUT2D eigenvalue weighted by Gasteiger charge is -2.40. The fourth-order valence-electron chi connectivity index (χ4n) is 3.08. The summed E-state index contributed by atoms with van der Waals surface area (Å²) in [4.78, 5) is 0. The van der Waals surface area contributed by atoms with E-state index in [0.29, 0.717) is 6.61 Å². The van der Waals surface area contributed by atoms with Crippen LogP contribution in [0.1, 0.15) is 11.1 Å². The van der Waals surface area contributed by atoms with Gasteiger partial charge in [-0.15, -0.1) is 0 Å². The van der Waals surface area contributed by atoms with Crippen LogP contribution in [0.3, 0.4) is 0 Å². The highest BCUT2D eigenvalue weighted by Crippen LogP contribution is 2.25. The molecule has 0 radical (unpaired) electrons. The molecule has 0 amide bonds. The lowest BCUT2D eigenvalue weighted by Crippen LogP contribution is -2.60. The second-order valence-electron chi connectivity index (χ2n) is 6.44. The van der Waals surface area contributed by atoms with Gasteiger partial charge < -0.3 is 14.9 Å². The van der Waals surface area contributed by atoms with E-state index in [1.54, 1.807) is 0 Å². The first kappa shape index (κ1) is 19.0. The summed E-state index contributed by atoms with van der Waals surface area (Å²) in [6.45, 7) is 0.435. The molecule has 140 valence electrons. The summed E-state index contributed by atoms with van der Waals surface area (Å²) >= 11 is 0. The summed E-state index contributed by atoms with van der Waals surface area (Å²) < 4.78 is 32.1. The number of aliphatic hydroxyl groups excluding tert-OH is 2. The van der Waals surface area contributed by atoms with E-state index < -0.39 is 34.0 Å². The Labute approximate surface area is 153 Å². The van der Waals surface area contributed by atoms with Gasteiger partial charge in [-0.05, 0) is 11.1 Å². The van der Waals surface area contributed by atoms with Gasteiger partial charge in [0.05, 0.1) is 37.2 Å². The van der Waals surface area contributed by atoms with Crippen molar-refractivity contribution >= 4 is 10.0 Å². The molecule has 1 saturated heterocycles. The molecule has 3 atom stereocenters. The van der Waals surface area contributed by atoms with Crippen molar-refractivity contribution < 1.29 is 23.4 Å². The average molecular weight is 377 g/mol. The molecule has 0 aliphatic carbocycles. The van der Waals surface area contributed by atoms with Crippen LogP contribution in [0, 0.1) is 0 Å². The van der Waals surface area contributed by atoms with Gasteiger partial charge in [-0.3, -0.25) is 0 Å². The summed E-state index contributed by atoms with van der Waals surface area (Å²) in [5.74, 6) is -0.490. The van der Waals surface area contributed by atoms with Crippen LogP contribution in [0.25, 0.3) is 0 Å². The molecule has 0 saturated carbocycles. The minimum atomic E-state index is -3.70. The van der Waals surface area contributed by atoms with Gasteiger partial charge in [0.15, 0.2) is 0 Å². The number of ether oxygens (including phenoxy) is 1. The number of benzene rings is 2. The van der Waals surface area contributed by atoms with Crippen molar-refractivity contribution in [2.75, 3.05) is 12.4 Å². The van der Waals surface area contributed by atoms with E-state index in [1.165, 1.54) is 4.31 Å². The topological polar surface area (TPSA) is 87.1 Å². The van der Waals surface area contributed by atoms with Crippen LogP contribution in [0.4, 0.5) is 0 Å². The smallest absolute Gasteiger partial charge is 0.217 e. The molecule has 0 bridgehead atoms. The molecule has 1 aliphatic rings. The zero-order chi connectivity index (χ0) is 18.6. The summed E-state index contributed by atoms with van der Waals surface area (Å²) in [5.41, 5.74) is 1.77. The third-order valence-corrected chi connectivity index (χ3v) is 6.36. The molecule has 26 heavy (non-hydrogen) atoms. The number of hydrogen-bond acceptors (Lipinski definition) is 5. The first-order valence-corrected chi connectivity index (χ1v) is 10.1. The van der Waals surface area contributed by atoms with E-state index in [1.807, 2.05) is 60.7 Å². The Morgan fingerprint density at radius 3 is 2.15 bits per heavy atom. The van der Waals surface area contributed by atoms with Crippen LogP contribution in [0.2, 0.25) is 0 Å². The zero-order valence-corrected chi connectivity index (χ0v) is 15.1. The second kappa shape index (κ2) is 8.28. The maximum absolute atomic E-state index is 12.6. The Balaban J connectivity index is 1.75. The van der Waals surface area contributed by atoms with Crippen LogP contribution in [-0.4, -0.2) is 53.5 Å². The molecular weight excluding hydrogens is 354 g/mol. The van der Waals surface area contributed by atoms with E-state index in [0.717, 1.165) is 11.1 Å². The highest BCUT2D eigenvalue weighted by Gasteiger charge is 2.45. The highest BCUT2D eigenvalue weighted by molar-refractivity contribution is 7.89. The fraction of sp³-hybridized carbons (Fsp3) is 0.368. The van der Waals surface area contributed by atoms with Crippen LogP contribution in [0.15, 0.2) is 60.7 Å². The van der Waals surface area contributed by atoms with Gasteiger partial charge in [0.2, 0.25) is 10.0 Å². The van der Waals surface area contributed by atoms with Gasteiger partial charge in [0.25, 0.3) is 0 Å². The van der Waals surface area contributed by atoms with Gasteiger partial charge in [-0.2, -0.15) is 4.31 Å². The number of rotatable bonds is 6. The van der Waals surface area contributed by atoms with E-state index in [9.17, 15) is 18.6 Å². The van der Waals surface area contributed by atoms with Crippen LogP contribution < -0.4 is 0 Å². The number of sulfonamides is 1. The predicted molar refractivity (Wildman–Crippen MR) is 97.7 cm³/mol. The molecule has 1 fully saturated rings. The fourth-order valence-corrected chi connectivity index (χ4v) is 4.84. The van der Waals surface area contributed by atoms with Crippen molar-refractivity contribution in [2.45, 2.75) is 31.4 Å². The van der Waals surface area contributed by atoms with E-state index in [-0.39, 0.29) is 13.2 Å². The van der Waals surface area contributed by atoms with Gasteiger partial charge in [-0.1, -0.05) is 60.7 Å². The summed E-state index contributed by atoms with van der Waals surface area (Å²) in [6.07, 6.45) is -2.52. The quantitative estimate of drug-likeness (QED) is 0.788. The molecule has 7 heteroatoms. The highest BCUT2D eigenvalue weighted by atomic mass is 32.2. The Bertz CT molecular complexity index is 797. The number of hydrogen-bond donors (Lipinski definition) is 2. The third kappa shape index (κ3) is 4.49. The van der Waals surface area contributed by atoms with E-state index in [4.69, 9.17) is 4.74 Å². The maximum atomic E-state index is 12.6. The van der Waals surface area contributed by atoms with Crippen molar-refractivity contribution in [3.63, 3.8) is 0 Å².